The molecule has 152 valence electrons. The molecule has 1 atom stereocenters. The second kappa shape index (κ2) is 8.46. The molecule has 1 amide bonds. The predicted molar refractivity (Wildman–Crippen MR) is 113 cm³/mol. The van der Waals surface area contributed by atoms with Gasteiger partial charge in [-0.1, -0.05) is 29.5 Å². The van der Waals surface area contributed by atoms with Crippen molar-refractivity contribution in [2.75, 3.05) is 7.11 Å². The molecule has 0 saturated heterocycles. The first-order valence-electron chi connectivity index (χ1n) is 9.23. The fourth-order valence-corrected chi connectivity index (χ4v) is 3.96. The van der Waals surface area contributed by atoms with Crippen LogP contribution in [0.5, 0.6) is 5.75 Å². The van der Waals surface area contributed by atoms with Crippen molar-refractivity contribution in [2.24, 2.45) is 0 Å². The quantitative estimate of drug-likeness (QED) is 0.503. The van der Waals surface area contributed by atoms with E-state index in [9.17, 15) is 9.18 Å². The van der Waals surface area contributed by atoms with Crippen molar-refractivity contribution in [3.8, 4) is 11.4 Å². The first-order chi connectivity index (χ1) is 14.6. The number of thiophene rings is 1. The van der Waals surface area contributed by atoms with Crippen LogP contribution in [0.3, 0.4) is 0 Å². The zero-order chi connectivity index (χ0) is 21.1. The van der Waals surface area contributed by atoms with Crippen molar-refractivity contribution in [1.82, 2.24) is 20.3 Å². The van der Waals surface area contributed by atoms with Crippen LogP contribution >= 0.6 is 11.3 Å². The zero-order valence-electron chi connectivity index (χ0n) is 16.4. The van der Waals surface area contributed by atoms with E-state index in [4.69, 9.17) is 4.74 Å². The van der Waals surface area contributed by atoms with Crippen LogP contribution in [-0.2, 0) is 0 Å². The Morgan fingerprint density at radius 3 is 2.67 bits per heavy atom. The minimum absolute atomic E-state index is 0.224. The third kappa shape index (κ3) is 3.95. The van der Waals surface area contributed by atoms with Gasteiger partial charge in [0.15, 0.2) is 5.69 Å². The van der Waals surface area contributed by atoms with Crippen molar-refractivity contribution in [1.29, 1.82) is 0 Å². The van der Waals surface area contributed by atoms with Gasteiger partial charge in [0.05, 0.1) is 24.5 Å². The average molecular weight is 422 g/mol. The van der Waals surface area contributed by atoms with Gasteiger partial charge < -0.3 is 10.1 Å². The van der Waals surface area contributed by atoms with Crippen molar-refractivity contribution in [2.45, 2.75) is 13.0 Å². The minimum Gasteiger partial charge on any atom is -0.497 e. The van der Waals surface area contributed by atoms with Gasteiger partial charge in [0, 0.05) is 10.9 Å². The van der Waals surface area contributed by atoms with Crippen LogP contribution in [0.25, 0.3) is 5.69 Å². The summed E-state index contributed by atoms with van der Waals surface area (Å²) in [6.07, 6.45) is 0. The number of hydrogen-bond donors (Lipinski definition) is 1. The van der Waals surface area contributed by atoms with E-state index < -0.39 is 6.04 Å². The summed E-state index contributed by atoms with van der Waals surface area (Å²) in [5, 5.41) is 13.2. The highest BCUT2D eigenvalue weighted by molar-refractivity contribution is 7.10. The van der Waals surface area contributed by atoms with Gasteiger partial charge in [-0.3, -0.25) is 4.79 Å². The molecule has 2 aromatic heterocycles. The summed E-state index contributed by atoms with van der Waals surface area (Å²) in [5.74, 6) is -0.000996. The van der Waals surface area contributed by atoms with E-state index >= 15 is 0 Å². The summed E-state index contributed by atoms with van der Waals surface area (Å²) in [4.78, 5) is 14.0. The standard InChI is InChI=1S/C22H19FN4O2S/c1-14-20(25-26-27(14)17-5-3-6-18(13-17)29-2)22(28)24-21(19-7-4-12-30-19)15-8-10-16(23)11-9-15/h3-13,21H,1-2H3,(H,24,28). The van der Waals surface area contributed by atoms with E-state index in [1.165, 1.54) is 23.5 Å². The molecule has 30 heavy (non-hydrogen) atoms. The number of nitrogens with one attached hydrogen (secondary N) is 1. The zero-order valence-corrected chi connectivity index (χ0v) is 17.2. The lowest BCUT2D eigenvalue weighted by Crippen LogP contribution is -2.29. The highest BCUT2D eigenvalue weighted by Gasteiger charge is 2.23. The summed E-state index contributed by atoms with van der Waals surface area (Å²) >= 11 is 1.51. The van der Waals surface area contributed by atoms with Crippen molar-refractivity contribution in [3.05, 3.63) is 93.7 Å². The number of nitrogens with zero attached hydrogens (tertiary/aromatic N) is 3. The van der Waals surface area contributed by atoms with E-state index in [1.807, 2.05) is 41.8 Å². The lowest BCUT2D eigenvalue weighted by atomic mass is 10.0. The Morgan fingerprint density at radius 2 is 1.97 bits per heavy atom. The van der Waals surface area contributed by atoms with Gasteiger partial charge in [0.25, 0.3) is 5.91 Å². The molecule has 1 unspecified atom stereocenters. The van der Waals surface area contributed by atoms with E-state index in [-0.39, 0.29) is 17.4 Å². The molecule has 0 fully saturated rings. The molecule has 6 nitrogen and oxygen atoms in total. The Bertz CT molecular complexity index is 1160. The maximum Gasteiger partial charge on any atom is 0.274 e. The number of benzene rings is 2. The van der Waals surface area contributed by atoms with Gasteiger partial charge in [-0.25, -0.2) is 9.07 Å². The number of carbonyl (C=O) groups excluding carboxylic acids is 1. The molecule has 2 heterocycles. The Morgan fingerprint density at radius 1 is 1.17 bits per heavy atom. The SMILES string of the molecule is COc1cccc(-n2nnc(C(=O)NC(c3ccc(F)cc3)c3cccs3)c2C)c1. The van der Waals surface area contributed by atoms with E-state index in [1.54, 1.807) is 30.8 Å². The summed E-state index contributed by atoms with van der Waals surface area (Å²) in [6, 6.07) is 16.9. The number of hydrogen-bond acceptors (Lipinski definition) is 5. The Balaban J connectivity index is 1.63. The van der Waals surface area contributed by atoms with Crippen molar-refractivity contribution < 1.29 is 13.9 Å². The molecule has 4 rings (SSSR count). The van der Waals surface area contributed by atoms with Gasteiger partial charge in [-0.15, -0.1) is 16.4 Å². The van der Waals surface area contributed by atoms with Gasteiger partial charge >= 0.3 is 0 Å². The molecule has 0 aliphatic carbocycles. The van der Waals surface area contributed by atoms with Crippen molar-refractivity contribution in [3.63, 3.8) is 0 Å². The smallest absolute Gasteiger partial charge is 0.274 e. The fraction of sp³-hybridized carbons (Fsp3) is 0.136. The van der Waals surface area contributed by atoms with Crippen LogP contribution in [-0.4, -0.2) is 28.0 Å². The lowest BCUT2D eigenvalue weighted by Gasteiger charge is -2.17. The fourth-order valence-electron chi connectivity index (χ4n) is 3.16. The predicted octanol–water partition coefficient (Wildman–Crippen LogP) is 4.30. The molecule has 0 aliphatic rings. The van der Waals surface area contributed by atoms with Crippen LogP contribution in [0.2, 0.25) is 0 Å². The van der Waals surface area contributed by atoms with E-state index in [0.717, 1.165) is 16.1 Å². The van der Waals surface area contributed by atoms with Crippen LogP contribution in [0, 0.1) is 12.7 Å². The normalized spacial score (nSPS) is 11.8. The average Bonchev–Trinajstić information content (AvgIpc) is 3.43. The first kappa shape index (κ1) is 19.8. The van der Waals surface area contributed by atoms with Crippen molar-refractivity contribution >= 4 is 17.2 Å². The number of ether oxygens (including phenoxy) is 1. The van der Waals surface area contributed by atoms with Crippen LogP contribution in [0.15, 0.2) is 66.0 Å². The first-order valence-corrected chi connectivity index (χ1v) is 10.1. The molecule has 0 aliphatic heterocycles. The number of halogens is 1. The van der Waals surface area contributed by atoms with Gasteiger partial charge in [-0.2, -0.15) is 0 Å². The molecule has 0 radical (unpaired) electrons. The molecule has 1 N–H and O–H groups in total. The molecule has 0 bridgehead atoms. The summed E-state index contributed by atoms with van der Waals surface area (Å²) in [5.41, 5.74) is 2.35. The third-order valence-corrected chi connectivity index (χ3v) is 5.65. The van der Waals surface area contributed by atoms with Crippen LogP contribution in [0.4, 0.5) is 4.39 Å². The summed E-state index contributed by atoms with van der Waals surface area (Å²) in [6.45, 7) is 1.78. The number of aromatic nitrogens is 3. The Hall–Kier alpha value is -3.52. The topological polar surface area (TPSA) is 69.0 Å². The second-order valence-electron chi connectivity index (χ2n) is 6.61. The van der Waals surface area contributed by atoms with E-state index in [0.29, 0.717) is 11.4 Å². The molecule has 0 spiro atoms. The summed E-state index contributed by atoms with van der Waals surface area (Å²) in [7, 11) is 1.59. The van der Waals surface area contributed by atoms with E-state index in [2.05, 4.69) is 15.6 Å². The summed E-state index contributed by atoms with van der Waals surface area (Å²) < 4.78 is 20.2. The van der Waals surface area contributed by atoms with Crippen LogP contribution < -0.4 is 10.1 Å². The van der Waals surface area contributed by atoms with Gasteiger partial charge in [-0.05, 0) is 48.2 Å². The molecule has 4 aromatic rings. The maximum absolute atomic E-state index is 13.4. The van der Waals surface area contributed by atoms with Crippen LogP contribution in [0.1, 0.15) is 32.7 Å². The molecular formula is C22H19FN4O2S. The highest BCUT2D eigenvalue weighted by Crippen LogP contribution is 2.27. The number of methoxy groups -OCH3 is 1. The Labute approximate surface area is 176 Å². The van der Waals surface area contributed by atoms with Gasteiger partial charge in [0.2, 0.25) is 0 Å². The number of amides is 1. The second-order valence-corrected chi connectivity index (χ2v) is 7.59. The monoisotopic (exact) mass is 422 g/mol. The largest absolute Gasteiger partial charge is 0.497 e. The minimum atomic E-state index is -0.417. The molecule has 8 heteroatoms. The molecule has 0 saturated carbocycles. The maximum atomic E-state index is 13.4. The lowest BCUT2D eigenvalue weighted by molar-refractivity contribution is 0.0937. The molecule has 2 aromatic carbocycles. The number of carbonyl (C=O) groups is 1. The third-order valence-electron chi connectivity index (χ3n) is 4.71. The number of rotatable bonds is 6. The Kier molecular flexibility index (Phi) is 5.58. The van der Waals surface area contributed by atoms with Gasteiger partial charge in [0.1, 0.15) is 11.6 Å². The highest BCUT2D eigenvalue weighted by atomic mass is 32.1. The molecular weight excluding hydrogens is 403 g/mol.